The van der Waals surface area contributed by atoms with Crippen LogP contribution in [0.4, 0.5) is 0 Å². The van der Waals surface area contributed by atoms with Crippen molar-refractivity contribution in [2.24, 2.45) is 0 Å². The first kappa shape index (κ1) is 30.6. The number of benzene rings is 10. The Kier molecular flexibility index (Phi) is 6.97. The third-order valence-corrected chi connectivity index (χ3v) is 11.4. The summed E-state index contributed by atoms with van der Waals surface area (Å²) in [5.41, 5.74) is 17.5. The minimum Gasteiger partial charge on any atom is -0.0616 e. The average Bonchev–Trinajstić information content (AvgIpc) is 3.24. The van der Waals surface area contributed by atoms with Gasteiger partial charge in [0.1, 0.15) is 0 Å². The summed E-state index contributed by atoms with van der Waals surface area (Å²) in [6.45, 7) is 0. The van der Waals surface area contributed by atoms with Crippen LogP contribution in [-0.4, -0.2) is 0 Å². The Morgan fingerprint density at radius 2 is 0.556 bits per heavy atom. The standard InChI is InChI=1S/C54H34/c1-2-15-36-32-40(29-28-35(36)14-1)54-50-26-11-9-24-48(50)53(49-25-10-12-27-51(49)54)39-17-13-16-37(33-39)38-30-31-47-45-22-6-5-20-43(45)41-18-3-4-19-42(41)44-21-7-8-23-46(44)52(47)34-38/h1-34H. The van der Waals surface area contributed by atoms with E-state index in [1.165, 1.54) is 110 Å². The highest BCUT2D eigenvalue weighted by Gasteiger charge is 2.22. The first-order valence-corrected chi connectivity index (χ1v) is 18.8. The van der Waals surface area contributed by atoms with Crippen LogP contribution in [0.2, 0.25) is 0 Å². The Morgan fingerprint density at radius 3 is 1.09 bits per heavy atom. The van der Waals surface area contributed by atoms with Crippen LogP contribution >= 0.6 is 0 Å². The van der Waals surface area contributed by atoms with E-state index in [4.69, 9.17) is 0 Å². The number of hydrogen-bond acceptors (Lipinski definition) is 0. The van der Waals surface area contributed by atoms with Gasteiger partial charge in [-0.2, -0.15) is 0 Å². The van der Waals surface area contributed by atoms with E-state index in [1.807, 2.05) is 0 Å². The maximum absolute atomic E-state index is 2.41. The number of hydrogen-bond donors (Lipinski definition) is 0. The molecular formula is C54H34. The molecule has 10 aromatic carbocycles. The summed E-state index contributed by atoms with van der Waals surface area (Å²) in [6, 6.07) is 76.2. The lowest BCUT2D eigenvalue weighted by Crippen LogP contribution is -1.97. The fraction of sp³-hybridized carbons (Fsp3) is 0. The van der Waals surface area contributed by atoms with Gasteiger partial charge in [-0.1, -0.05) is 188 Å². The Balaban J connectivity index is 1.12. The van der Waals surface area contributed by atoms with Crippen LogP contribution in [0.1, 0.15) is 0 Å². The van der Waals surface area contributed by atoms with Crippen molar-refractivity contribution in [3.05, 3.63) is 206 Å². The monoisotopic (exact) mass is 682 g/mol. The molecule has 0 heterocycles. The van der Waals surface area contributed by atoms with Gasteiger partial charge in [0.2, 0.25) is 0 Å². The summed E-state index contributed by atoms with van der Waals surface area (Å²) >= 11 is 0. The summed E-state index contributed by atoms with van der Waals surface area (Å²) in [7, 11) is 0. The molecule has 54 heavy (non-hydrogen) atoms. The fourth-order valence-corrected chi connectivity index (χ4v) is 8.99. The molecule has 0 aromatic heterocycles. The van der Waals surface area contributed by atoms with E-state index >= 15 is 0 Å². The van der Waals surface area contributed by atoms with E-state index in [1.54, 1.807) is 0 Å². The van der Waals surface area contributed by atoms with Gasteiger partial charge in [0.25, 0.3) is 0 Å². The molecular weight excluding hydrogens is 649 g/mol. The summed E-state index contributed by atoms with van der Waals surface area (Å²) in [5, 5.41) is 7.57. The van der Waals surface area contributed by atoms with Crippen molar-refractivity contribution in [3.8, 4) is 77.9 Å². The molecule has 0 fully saturated rings. The van der Waals surface area contributed by atoms with Gasteiger partial charge >= 0.3 is 0 Å². The molecule has 0 amide bonds. The summed E-state index contributed by atoms with van der Waals surface area (Å²) in [4.78, 5) is 0. The molecule has 10 aromatic rings. The van der Waals surface area contributed by atoms with Crippen molar-refractivity contribution < 1.29 is 0 Å². The molecule has 0 spiro atoms. The Labute approximate surface area is 315 Å². The lowest BCUT2D eigenvalue weighted by molar-refractivity contribution is 1.51. The summed E-state index contributed by atoms with van der Waals surface area (Å²) in [6.07, 6.45) is 0. The highest BCUT2D eigenvalue weighted by Crippen LogP contribution is 2.49. The molecule has 0 radical (unpaired) electrons. The van der Waals surface area contributed by atoms with Gasteiger partial charge in [0.15, 0.2) is 0 Å². The SMILES string of the molecule is c1cc(-c2ccc3c(c2)-c2ccccc2-c2ccccc2-c2ccccc2-3)cc(-c2c3ccccc3c(-c3ccc4ccccc4c3)c3ccccc23)c1. The second-order valence-corrected chi connectivity index (χ2v) is 14.4. The molecule has 0 saturated heterocycles. The minimum absolute atomic E-state index is 1.20. The molecule has 0 heteroatoms. The molecule has 0 N–H and O–H groups in total. The molecule has 1 aliphatic rings. The van der Waals surface area contributed by atoms with Crippen LogP contribution in [0.15, 0.2) is 206 Å². The molecule has 1 aliphatic carbocycles. The predicted molar refractivity (Wildman–Crippen MR) is 231 cm³/mol. The molecule has 0 bridgehead atoms. The molecule has 250 valence electrons. The number of rotatable bonds is 3. The predicted octanol–water partition coefficient (Wildman–Crippen LogP) is 15.1. The van der Waals surface area contributed by atoms with Crippen LogP contribution < -0.4 is 0 Å². The lowest BCUT2D eigenvalue weighted by atomic mass is 9.80. The largest absolute Gasteiger partial charge is 0.0616 e. The minimum atomic E-state index is 1.20. The molecule has 0 saturated carbocycles. The third-order valence-electron chi connectivity index (χ3n) is 11.4. The average molecular weight is 683 g/mol. The molecule has 0 nitrogen and oxygen atoms in total. The molecule has 0 unspecified atom stereocenters. The number of fused-ring (bicyclic) bond motifs is 11. The van der Waals surface area contributed by atoms with Crippen molar-refractivity contribution >= 4 is 32.3 Å². The molecule has 11 rings (SSSR count). The van der Waals surface area contributed by atoms with E-state index in [0.29, 0.717) is 0 Å². The zero-order valence-electron chi connectivity index (χ0n) is 29.6. The van der Waals surface area contributed by atoms with E-state index in [-0.39, 0.29) is 0 Å². The summed E-state index contributed by atoms with van der Waals surface area (Å²) in [5.74, 6) is 0. The highest BCUT2D eigenvalue weighted by molar-refractivity contribution is 6.22. The van der Waals surface area contributed by atoms with Gasteiger partial charge in [-0.05, 0) is 128 Å². The normalized spacial score (nSPS) is 11.7. The van der Waals surface area contributed by atoms with Crippen molar-refractivity contribution in [3.63, 3.8) is 0 Å². The van der Waals surface area contributed by atoms with Crippen molar-refractivity contribution in [2.75, 3.05) is 0 Å². The zero-order valence-corrected chi connectivity index (χ0v) is 29.6. The van der Waals surface area contributed by atoms with Crippen molar-refractivity contribution in [1.29, 1.82) is 0 Å². The maximum Gasteiger partial charge on any atom is -0.00262 e. The quantitative estimate of drug-likeness (QED) is 0.163. The van der Waals surface area contributed by atoms with E-state index < -0.39 is 0 Å². The second-order valence-electron chi connectivity index (χ2n) is 14.4. The van der Waals surface area contributed by atoms with Crippen LogP contribution in [0.3, 0.4) is 0 Å². The maximum atomic E-state index is 2.41. The highest BCUT2D eigenvalue weighted by atomic mass is 14.3. The Hall–Kier alpha value is -7.02. The third kappa shape index (κ3) is 4.78. The van der Waals surface area contributed by atoms with Gasteiger partial charge < -0.3 is 0 Å². The fourth-order valence-electron chi connectivity index (χ4n) is 8.99. The Bertz CT molecular complexity index is 3040. The van der Waals surface area contributed by atoms with Crippen LogP contribution in [-0.2, 0) is 0 Å². The van der Waals surface area contributed by atoms with Gasteiger partial charge in [-0.25, -0.2) is 0 Å². The Morgan fingerprint density at radius 1 is 0.185 bits per heavy atom. The summed E-state index contributed by atoms with van der Waals surface area (Å²) < 4.78 is 0. The first-order valence-electron chi connectivity index (χ1n) is 18.8. The van der Waals surface area contributed by atoms with E-state index in [2.05, 4.69) is 206 Å². The van der Waals surface area contributed by atoms with Crippen LogP contribution in [0, 0.1) is 0 Å². The van der Waals surface area contributed by atoms with Gasteiger partial charge in [0, 0.05) is 0 Å². The zero-order chi connectivity index (χ0) is 35.6. The van der Waals surface area contributed by atoms with Crippen LogP contribution in [0.5, 0.6) is 0 Å². The van der Waals surface area contributed by atoms with Crippen molar-refractivity contribution in [1.82, 2.24) is 0 Å². The van der Waals surface area contributed by atoms with Gasteiger partial charge in [0.05, 0.1) is 0 Å². The smallest absolute Gasteiger partial charge is 0.00262 e. The van der Waals surface area contributed by atoms with Crippen LogP contribution in [0.25, 0.3) is 110 Å². The van der Waals surface area contributed by atoms with E-state index in [0.717, 1.165) is 0 Å². The molecule has 0 aliphatic heterocycles. The van der Waals surface area contributed by atoms with Gasteiger partial charge in [-0.15, -0.1) is 0 Å². The molecule has 0 atom stereocenters. The van der Waals surface area contributed by atoms with Gasteiger partial charge in [-0.3, -0.25) is 0 Å². The second kappa shape index (κ2) is 12.3. The lowest BCUT2D eigenvalue weighted by Gasteiger charge is -2.23. The van der Waals surface area contributed by atoms with Crippen molar-refractivity contribution in [2.45, 2.75) is 0 Å². The van der Waals surface area contributed by atoms with E-state index in [9.17, 15) is 0 Å². The topological polar surface area (TPSA) is 0 Å². The first-order chi connectivity index (χ1) is 26.8.